The fourth-order valence-electron chi connectivity index (χ4n) is 1.90. The fraction of sp³-hybridized carbons (Fsp3) is 0.583. The number of ketones is 1. The van der Waals surface area contributed by atoms with Gasteiger partial charge in [0.05, 0.1) is 0 Å². The fourth-order valence-corrected chi connectivity index (χ4v) is 1.90. The second-order valence-corrected chi connectivity index (χ2v) is 3.54. The summed E-state index contributed by atoms with van der Waals surface area (Å²) in [5, 5.41) is 0. The summed E-state index contributed by atoms with van der Waals surface area (Å²) in [6.45, 7) is 1.94. The molecule has 1 aliphatic carbocycles. The van der Waals surface area contributed by atoms with Crippen LogP contribution < -0.4 is 0 Å². The maximum Gasteiger partial charge on any atom is 0.137 e. The Labute approximate surface area is 80.2 Å². The lowest BCUT2D eigenvalue weighted by atomic mass is 9.79. The minimum atomic E-state index is 0.0257. The van der Waals surface area contributed by atoms with Gasteiger partial charge in [-0.3, -0.25) is 4.79 Å². The van der Waals surface area contributed by atoms with Crippen molar-refractivity contribution < 1.29 is 4.79 Å². The van der Waals surface area contributed by atoms with E-state index in [4.69, 9.17) is 6.42 Å². The molecule has 70 valence electrons. The van der Waals surface area contributed by atoms with Gasteiger partial charge in [-0.15, -0.1) is 6.42 Å². The van der Waals surface area contributed by atoms with E-state index in [1.54, 1.807) is 0 Å². The van der Waals surface area contributed by atoms with Crippen LogP contribution in [0.2, 0.25) is 0 Å². The lowest BCUT2D eigenvalue weighted by Crippen LogP contribution is -2.25. The molecule has 0 heterocycles. The molecule has 1 heteroatoms. The van der Waals surface area contributed by atoms with E-state index in [0.29, 0.717) is 5.78 Å². The highest BCUT2D eigenvalue weighted by molar-refractivity contribution is 5.82. The molecule has 0 bridgehead atoms. The van der Waals surface area contributed by atoms with Crippen LogP contribution in [0, 0.1) is 24.2 Å². The van der Waals surface area contributed by atoms with E-state index in [1.165, 1.54) is 0 Å². The highest BCUT2D eigenvalue weighted by Crippen LogP contribution is 2.27. The van der Waals surface area contributed by atoms with Crippen LogP contribution in [0.3, 0.4) is 0 Å². The second-order valence-electron chi connectivity index (χ2n) is 3.54. The molecule has 0 radical (unpaired) electrons. The molecule has 0 N–H and O–H groups in total. The van der Waals surface area contributed by atoms with Crippen LogP contribution in [-0.2, 0) is 4.79 Å². The van der Waals surface area contributed by atoms with E-state index < -0.39 is 0 Å². The number of allylic oxidation sites excluding steroid dienone is 2. The summed E-state index contributed by atoms with van der Waals surface area (Å²) < 4.78 is 0. The predicted molar refractivity (Wildman–Crippen MR) is 54.1 cm³/mol. The van der Waals surface area contributed by atoms with Crippen molar-refractivity contribution in [2.45, 2.75) is 32.6 Å². The third-order valence-corrected chi connectivity index (χ3v) is 2.63. The number of carbonyl (C=O) groups is 1. The quantitative estimate of drug-likeness (QED) is 0.467. The standard InChI is InChI=1S/C12H16O/c1-3-7-10(4-2)11-8-5-6-9-12(11)13/h2-3,7,10-11H,5-6,8-9H2,1H3/b7-3+. The molecule has 13 heavy (non-hydrogen) atoms. The zero-order valence-electron chi connectivity index (χ0n) is 8.12. The number of rotatable bonds is 2. The van der Waals surface area contributed by atoms with E-state index in [2.05, 4.69) is 5.92 Å². The third kappa shape index (κ3) is 2.45. The summed E-state index contributed by atoms with van der Waals surface area (Å²) in [6.07, 6.45) is 13.2. The molecule has 2 unspecified atom stereocenters. The average Bonchev–Trinajstić information content (AvgIpc) is 2.16. The van der Waals surface area contributed by atoms with Gasteiger partial charge in [0.2, 0.25) is 0 Å². The first kappa shape index (κ1) is 10.1. The molecule has 0 aromatic heterocycles. The molecule has 1 aliphatic rings. The minimum Gasteiger partial charge on any atom is -0.299 e. The van der Waals surface area contributed by atoms with Gasteiger partial charge in [-0.25, -0.2) is 0 Å². The largest absolute Gasteiger partial charge is 0.299 e. The molecule has 0 amide bonds. The van der Waals surface area contributed by atoms with E-state index in [9.17, 15) is 4.79 Å². The molecule has 0 saturated heterocycles. The van der Waals surface area contributed by atoms with Crippen LogP contribution in [0.5, 0.6) is 0 Å². The van der Waals surface area contributed by atoms with E-state index in [-0.39, 0.29) is 11.8 Å². The molecule has 1 fully saturated rings. The van der Waals surface area contributed by atoms with E-state index >= 15 is 0 Å². The van der Waals surface area contributed by atoms with Crippen LogP contribution in [-0.4, -0.2) is 5.78 Å². The molecule has 0 spiro atoms. The zero-order chi connectivity index (χ0) is 9.68. The molecule has 2 atom stereocenters. The Hall–Kier alpha value is -1.03. The van der Waals surface area contributed by atoms with E-state index in [1.807, 2.05) is 19.1 Å². The van der Waals surface area contributed by atoms with Crippen molar-refractivity contribution in [3.8, 4) is 12.3 Å². The van der Waals surface area contributed by atoms with Gasteiger partial charge in [-0.05, 0) is 19.8 Å². The average molecular weight is 176 g/mol. The highest BCUT2D eigenvalue weighted by atomic mass is 16.1. The first-order chi connectivity index (χ1) is 6.29. The summed E-state index contributed by atoms with van der Waals surface area (Å²) in [6, 6.07) is 0. The third-order valence-electron chi connectivity index (χ3n) is 2.63. The molecule has 1 saturated carbocycles. The number of carbonyl (C=O) groups excluding carboxylic acids is 1. The Morgan fingerprint density at radius 3 is 2.92 bits per heavy atom. The number of hydrogen-bond donors (Lipinski definition) is 0. The van der Waals surface area contributed by atoms with Crippen molar-refractivity contribution in [3.63, 3.8) is 0 Å². The Morgan fingerprint density at radius 2 is 2.38 bits per heavy atom. The lowest BCUT2D eigenvalue weighted by Gasteiger charge is -2.23. The number of hydrogen-bond acceptors (Lipinski definition) is 1. The van der Waals surface area contributed by atoms with Crippen molar-refractivity contribution in [2.75, 3.05) is 0 Å². The maximum absolute atomic E-state index is 11.5. The van der Waals surface area contributed by atoms with E-state index in [0.717, 1.165) is 25.7 Å². The van der Waals surface area contributed by atoms with Crippen LogP contribution in [0.1, 0.15) is 32.6 Å². The van der Waals surface area contributed by atoms with Crippen LogP contribution >= 0.6 is 0 Å². The topological polar surface area (TPSA) is 17.1 Å². The first-order valence-corrected chi connectivity index (χ1v) is 4.91. The summed E-state index contributed by atoms with van der Waals surface area (Å²) in [5.74, 6) is 3.17. The Kier molecular flexibility index (Phi) is 3.76. The van der Waals surface area contributed by atoms with Gasteiger partial charge in [-0.1, -0.05) is 24.5 Å². The summed E-state index contributed by atoms with van der Waals surface area (Å²) in [4.78, 5) is 11.5. The normalized spacial score (nSPS) is 25.8. The smallest absolute Gasteiger partial charge is 0.137 e. The van der Waals surface area contributed by atoms with Gasteiger partial charge < -0.3 is 0 Å². The van der Waals surface area contributed by atoms with Crippen LogP contribution in [0.4, 0.5) is 0 Å². The van der Waals surface area contributed by atoms with Crippen molar-refractivity contribution in [2.24, 2.45) is 11.8 Å². The van der Waals surface area contributed by atoms with Gasteiger partial charge in [0, 0.05) is 18.3 Å². The Balaban J connectivity index is 2.67. The predicted octanol–water partition coefficient (Wildman–Crippen LogP) is 2.57. The molecular weight excluding hydrogens is 160 g/mol. The molecular formula is C12H16O. The minimum absolute atomic E-state index is 0.0257. The maximum atomic E-state index is 11.5. The van der Waals surface area contributed by atoms with Crippen molar-refractivity contribution in [3.05, 3.63) is 12.2 Å². The summed E-state index contributed by atoms with van der Waals surface area (Å²) >= 11 is 0. The molecule has 0 aromatic carbocycles. The monoisotopic (exact) mass is 176 g/mol. The SMILES string of the molecule is C#CC(/C=C/C)C1CCCCC1=O. The van der Waals surface area contributed by atoms with Crippen molar-refractivity contribution in [1.29, 1.82) is 0 Å². The van der Waals surface area contributed by atoms with Gasteiger partial charge in [0.25, 0.3) is 0 Å². The molecule has 0 aromatic rings. The first-order valence-electron chi connectivity index (χ1n) is 4.91. The molecule has 1 nitrogen and oxygen atoms in total. The highest BCUT2D eigenvalue weighted by Gasteiger charge is 2.27. The van der Waals surface area contributed by atoms with Gasteiger partial charge >= 0.3 is 0 Å². The lowest BCUT2D eigenvalue weighted by molar-refractivity contribution is -0.125. The molecule has 1 rings (SSSR count). The van der Waals surface area contributed by atoms with Gasteiger partial charge in [0.1, 0.15) is 5.78 Å². The van der Waals surface area contributed by atoms with Crippen LogP contribution in [0.25, 0.3) is 0 Å². The van der Waals surface area contributed by atoms with Crippen LogP contribution in [0.15, 0.2) is 12.2 Å². The van der Waals surface area contributed by atoms with Gasteiger partial charge in [-0.2, -0.15) is 0 Å². The van der Waals surface area contributed by atoms with Crippen molar-refractivity contribution >= 4 is 5.78 Å². The number of terminal acetylenes is 1. The zero-order valence-corrected chi connectivity index (χ0v) is 8.12. The number of Topliss-reactive ketones (excluding diaryl/α,β-unsaturated/α-hetero) is 1. The Bertz CT molecular complexity index is 244. The summed E-state index contributed by atoms with van der Waals surface area (Å²) in [5.41, 5.74) is 0. The second kappa shape index (κ2) is 4.87. The van der Waals surface area contributed by atoms with Crippen molar-refractivity contribution in [1.82, 2.24) is 0 Å². The molecule has 0 aliphatic heterocycles. The Morgan fingerprint density at radius 1 is 1.62 bits per heavy atom. The summed E-state index contributed by atoms with van der Waals surface area (Å²) in [7, 11) is 0. The van der Waals surface area contributed by atoms with Gasteiger partial charge in [0.15, 0.2) is 0 Å².